The lowest BCUT2D eigenvalue weighted by Gasteiger charge is -2.35. The fourth-order valence-electron chi connectivity index (χ4n) is 2.50. The molecule has 8 heteroatoms. The Balaban J connectivity index is 1.61. The molecule has 0 radical (unpaired) electrons. The van der Waals surface area contributed by atoms with Crippen LogP contribution in [0.1, 0.15) is 0 Å². The largest absolute Gasteiger partial charge is 0.353 e. The average Bonchev–Trinajstić information content (AvgIpc) is 2.63. The molecule has 5 nitrogen and oxygen atoms in total. The zero-order valence-electron chi connectivity index (χ0n) is 12.7. The van der Waals surface area contributed by atoms with Crippen molar-refractivity contribution in [2.75, 3.05) is 36.4 Å². The summed E-state index contributed by atoms with van der Waals surface area (Å²) in [5.41, 5.74) is -0.383. The van der Waals surface area contributed by atoms with E-state index in [1.54, 1.807) is 6.20 Å². The third-order valence-electron chi connectivity index (χ3n) is 3.82. The standard InChI is InChI=1S/C16H15F3N4O/c17-11-4-5-12(15(19)14(11)18)21-16(24)23-9-7-22(8-10-23)13-3-1-2-6-20-13/h1-6H,7-10H2,(H,21,24). The molecule has 2 amide bonds. The predicted molar refractivity (Wildman–Crippen MR) is 83.4 cm³/mol. The van der Waals surface area contributed by atoms with Crippen molar-refractivity contribution >= 4 is 17.5 Å². The number of hydrogen-bond donors (Lipinski definition) is 1. The summed E-state index contributed by atoms with van der Waals surface area (Å²) in [7, 11) is 0. The van der Waals surface area contributed by atoms with E-state index in [-0.39, 0.29) is 5.69 Å². The first-order valence-electron chi connectivity index (χ1n) is 7.41. The van der Waals surface area contributed by atoms with Crippen molar-refractivity contribution in [3.05, 3.63) is 54.0 Å². The Morgan fingerprint density at radius 3 is 2.42 bits per heavy atom. The molecule has 3 rings (SSSR count). The summed E-state index contributed by atoms with van der Waals surface area (Å²) in [6.45, 7) is 1.97. The highest BCUT2D eigenvalue weighted by Crippen LogP contribution is 2.20. The number of benzene rings is 1. The molecule has 2 heterocycles. The number of urea groups is 1. The maximum Gasteiger partial charge on any atom is 0.322 e. The van der Waals surface area contributed by atoms with Gasteiger partial charge in [-0.25, -0.2) is 22.9 Å². The number of nitrogens with zero attached hydrogens (tertiary/aromatic N) is 3. The average molecular weight is 336 g/mol. The van der Waals surface area contributed by atoms with Gasteiger partial charge in [0.2, 0.25) is 0 Å². The van der Waals surface area contributed by atoms with E-state index >= 15 is 0 Å². The normalized spacial score (nSPS) is 14.6. The molecule has 1 aliphatic heterocycles. The van der Waals surface area contributed by atoms with Crippen LogP contribution in [0.5, 0.6) is 0 Å². The van der Waals surface area contributed by atoms with Crippen LogP contribution in [0.4, 0.5) is 29.5 Å². The highest BCUT2D eigenvalue weighted by Gasteiger charge is 2.23. The smallest absolute Gasteiger partial charge is 0.322 e. The highest BCUT2D eigenvalue weighted by atomic mass is 19.2. The van der Waals surface area contributed by atoms with Gasteiger partial charge in [-0.05, 0) is 24.3 Å². The molecule has 1 aromatic carbocycles. The van der Waals surface area contributed by atoms with Gasteiger partial charge in [-0.1, -0.05) is 6.07 Å². The Labute approximate surface area is 136 Å². The summed E-state index contributed by atoms with van der Waals surface area (Å²) in [6, 6.07) is 6.80. The van der Waals surface area contributed by atoms with Gasteiger partial charge in [-0.2, -0.15) is 0 Å². The van der Waals surface area contributed by atoms with E-state index in [9.17, 15) is 18.0 Å². The third kappa shape index (κ3) is 3.27. The fourth-order valence-corrected chi connectivity index (χ4v) is 2.50. The Morgan fingerprint density at radius 2 is 1.75 bits per heavy atom. The maximum absolute atomic E-state index is 13.6. The minimum absolute atomic E-state index is 0.383. The van der Waals surface area contributed by atoms with Crippen molar-refractivity contribution in [3.8, 4) is 0 Å². The third-order valence-corrected chi connectivity index (χ3v) is 3.82. The van der Waals surface area contributed by atoms with Crippen molar-refractivity contribution in [3.63, 3.8) is 0 Å². The molecule has 1 N–H and O–H groups in total. The van der Waals surface area contributed by atoms with Gasteiger partial charge in [0.1, 0.15) is 5.82 Å². The molecule has 1 fully saturated rings. The molecule has 0 bridgehead atoms. The summed E-state index contributed by atoms with van der Waals surface area (Å²) in [4.78, 5) is 19.9. The molecule has 0 aliphatic carbocycles. The number of nitrogens with one attached hydrogen (secondary N) is 1. The number of piperazine rings is 1. The first-order valence-corrected chi connectivity index (χ1v) is 7.41. The number of pyridine rings is 1. The van der Waals surface area contributed by atoms with Gasteiger partial charge in [-0.3, -0.25) is 0 Å². The van der Waals surface area contributed by atoms with Crippen LogP contribution in [-0.4, -0.2) is 42.1 Å². The SMILES string of the molecule is O=C(Nc1ccc(F)c(F)c1F)N1CCN(c2ccccn2)CC1. The number of carbonyl (C=O) groups excluding carboxylic acids is 1. The summed E-state index contributed by atoms with van der Waals surface area (Å²) in [5.74, 6) is -3.48. The van der Waals surface area contributed by atoms with Gasteiger partial charge in [0.15, 0.2) is 17.5 Å². The molecule has 0 spiro atoms. The lowest BCUT2D eigenvalue weighted by Crippen LogP contribution is -2.50. The Hall–Kier alpha value is -2.77. The minimum Gasteiger partial charge on any atom is -0.353 e. The predicted octanol–water partition coefficient (Wildman–Crippen LogP) is 2.85. The van der Waals surface area contributed by atoms with Crippen LogP contribution < -0.4 is 10.2 Å². The molecular formula is C16H15F3N4O. The second-order valence-electron chi connectivity index (χ2n) is 5.32. The van der Waals surface area contributed by atoms with E-state index in [0.29, 0.717) is 26.2 Å². The summed E-state index contributed by atoms with van der Waals surface area (Å²) in [5, 5.41) is 2.27. The topological polar surface area (TPSA) is 48.5 Å². The summed E-state index contributed by atoms with van der Waals surface area (Å²) >= 11 is 0. The van der Waals surface area contributed by atoms with Crippen LogP contribution in [0, 0.1) is 17.5 Å². The Bertz CT molecular complexity index is 734. The summed E-state index contributed by atoms with van der Waals surface area (Å²) in [6.07, 6.45) is 1.69. The van der Waals surface area contributed by atoms with E-state index in [2.05, 4.69) is 10.3 Å². The number of halogens is 3. The van der Waals surface area contributed by atoms with Gasteiger partial charge in [0.25, 0.3) is 0 Å². The molecule has 2 aromatic rings. The van der Waals surface area contributed by atoms with Crippen LogP contribution in [0.3, 0.4) is 0 Å². The van der Waals surface area contributed by atoms with Crippen LogP contribution in [0.2, 0.25) is 0 Å². The molecule has 1 saturated heterocycles. The van der Waals surface area contributed by atoms with Crippen molar-refractivity contribution in [2.24, 2.45) is 0 Å². The van der Waals surface area contributed by atoms with Crippen LogP contribution in [0.15, 0.2) is 36.5 Å². The van der Waals surface area contributed by atoms with E-state index in [1.807, 2.05) is 23.1 Å². The van der Waals surface area contributed by atoms with Crippen LogP contribution >= 0.6 is 0 Å². The molecule has 0 saturated carbocycles. The van der Waals surface area contributed by atoms with E-state index in [1.165, 1.54) is 4.90 Å². The monoisotopic (exact) mass is 336 g/mol. The van der Waals surface area contributed by atoms with E-state index < -0.39 is 23.5 Å². The molecule has 126 valence electrons. The number of hydrogen-bond acceptors (Lipinski definition) is 3. The minimum atomic E-state index is -1.60. The second-order valence-corrected chi connectivity index (χ2v) is 5.32. The number of carbonyl (C=O) groups is 1. The van der Waals surface area contributed by atoms with Crippen molar-refractivity contribution in [1.82, 2.24) is 9.88 Å². The van der Waals surface area contributed by atoms with Crippen LogP contribution in [-0.2, 0) is 0 Å². The lowest BCUT2D eigenvalue weighted by molar-refractivity contribution is 0.208. The first kappa shape index (κ1) is 16.1. The lowest BCUT2D eigenvalue weighted by atomic mass is 10.2. The number of rotatable bonds is 2. The fraction of sp³-hybridized carbons (Fsp3) is 0.250. The van der Waals surface area contributed by atoms with Crippen LogP contribution in [0.25, 0.3) is 0 Å². The molecule has 24 heavy (non-hydrogen) atoms. The zero-order chi connectivity index (χ0) is 17.1. The highest BCUT2D eigenvalue weighted by molar-refractivity contribution is 5.89. The number of aromatic nitrogens is 1. The van der Waals surface area contributed by atoms with Gasteiger partial charge in [0, 0.05) is 32.4 Å². The van der Waals surface area contributed by atoms with Crippen molar-refractivity contribution in [1.29, 1.82) is 0 Å². The Morgan fingerprint density at radius 1 is 1.00 bits per heavy atom. The Kier molecular flexibility index (Phi) is 4.54. The van der Waals surface area contributed by atoms with Crippen molar-refractivity contribution in [2.45, 2.75) is 0 Å². The molecule has 0 atom stereocenters. The van der Waals surface area contributed by atoms with Gasteiger partial charge < -0.3 is 15.1 Å². The maximum atomic E-state index is 13.6. The zero-order valence-corrected chi connectivity index (χ0v) is 12.7. The van der Waals surface area contributed by atoms with E-state index in [0.717, 1.165) is 18.0 Å². The van der Waals surface area contributed by atoms with Gasteiger partial charge >= 0.3 is 6.03 Å². The quantitative estimate of drug-likeness (QED) is 0.858. The number of anilines is 2. The molecule has 1 aromatic heterocycles. The van der Waals surface area contributed by atoms with E-state index in [4.69, 9.17) is 0 Å². The second kappa shape index (κ2) is 6.77. The van der Waals surface area contributed by atoms with Crippen molar-refractivity contribution < 1.29 is 18.0 Å². The van der Waals surface area contributed by atoms with Gasteiger partial charge in [-0.15, -0.1) is 0 Å². The van der Waals surface area contributed by atoms with Gasteiger partial charge in [0.05, 0.1) is 5.69 Å². The number of amides is 2. The first-order chi connectivity index (χ1) is 11.6. The molecule has 0 unspecified atom stereocenters. The summed E-state index contributed by atoms with van der Waals surface area (Å²) < 4.78 is 39.7. The molecular weight excluding hydrogens is 321 g/mol. The molecule has 1 aliphatic rings.